The van der Waals surface area contributed by atoms with E-state index < -0.39 is 11.6 Å². The molecular formula is C25H24F2N4O2. The molecular weight excluding hydrogens is 426 g/mol. The van der Waals surface area contributed by atoms with Crippen LogP contribution in [0.3, 0.4) is 0 Å². The summed E-state index contributed by atoms with van der Waals surface area (Å²) in [4.78, 5) is 26.5. The van der Waals surface area contributed by atoms with Gasteiger partial charge in [-0.25, -0.2) is 13.5 Å². The van der Waals surface area contributed by atoms with Gasteiger partial charge in [0, 0.05) is 5.69 Å². The maximum Gasteiger partial charge on any atom is 0.280 e. The maximum atomic E-state index is 13.4. The molecule has 1 N–H and O–H groups in total. The van der Waals surface area contributed by atoms with Crippen LogP contribution < -0.4 is 10.6 Å². The topological polar surface area (TPSA) is 70.5 Å². The number of halogens is 2. The monoisotopic (exact) mass is 450 g/mol. The van der Waals surface area contributed by atoms with Gasteiger partial charge in [0.25, 0.3) is 11.5 Å². The van der Waals surface area contributed by atoms with Crippen molar-refractivity contribution in [3.8, 4) is 5.69 Å². The van der Waals surface area contributed by atoms with Gasteiger partial charge in [-0.1, -0.05) is 26.7 Å². The van der Waals surface area contributed by atoms with Crippen LogP contribution in [0.15, 0.2) is 64.0 Å². The number of aryl methyl sites for hydroxylation is 1. The van der Waals surface area contributed by atoms with Gasteiger partial charge in [0.2, 0.25) is 0 Å². The van der Waals surface area contributed by atoms with Crippen molar-refractivity contribution in [3.63, 3.8) is 0 Å². The fourth-order valence-electron chi connectivity index (χ4n) is 3.78. The second-order valence-electron chi connectivity index (χ2n) is 7.82. The molecule has 0 saturated carbocycles. The first-order chi connectivity index (χ1) is 15.9. The third-order valence-corrected chi connectivity index (χ3v) is 5.39. The molecule has 1 amide bonds. The number of amides is 1. The van der Waals surface area contributed by atoms with E-state index in [0.717, 1.165) is 12.8 Å². The third kappa shape index (κ3) is 4.41. The zero-order chi connectivity index (χ0) is 23.5. The zero-order valence-corrected chi connectivity index (χ0v) is 18.4. The van der Waals surface area contributed by atoms with Gasteiger partial charge in [0.1, 0.15) is 11.6 Å². The van der Waals surface area contributed by atoms with Crippen molar-refractivity contribution >= 4 is 23.4 Å². The van der Waals surface area contributed by atoms with Gasteiger partial charge in [-0.05, 0) is 67.4 Å². The summed E-state index contributed by atoms with van der Waals surface area (Å²) in [7, 11) is 0. The average Bonchev–Trinajstić information content (AvgIpc) is 3.27. The first-order valence-electron chi connectivity index (χ1n) is 10.9. The van der Waals surface area contributed by atoms with E-state index in [4.69, 9.17) is 0 Å². The summed E-state index contributed by atoms with van der Waals surface area (Å²) in [5, 5.41) is 8.80. The molecule has 0 aliphatic carbocycles. The van der Waals surface area contributed by atoms with Crippen LogP contribution in [0.5, 0.6) is 0 Å². The molecule has 0 fully saturated rings. The van der Waals surface area contributed by atoms with Gasteiger partial charge in [-0.2, -0.15) is 10.1 Å². The van der Waals surface area contributed by atoms with Gasteiger partial charge in [-0.3, -0.25) is 14.7 Å². The van der Waals surface area contributed by atoms with E-state index in [9.17, 15) is 18.4 Å². The number of nitrogens with one attached hydrogen (secondary N) is 1. The minimum Gasteiger partial charge on any atom is -0.294 e. The Morgan fingerprint density at radius 2 is 1.45 bits per heavy atom. The standard InChI is InChI=1S/C25H24F2N4O2/c1-3-5-22-20(24(32)30(28-22)18-11-7-16(26)8-12-18)15-21-23(6-4-2)29-31(25(21)33)19-13-9-17(27)10-14-19/h7-15,28H,3-6H2,1-2H3. The number of aromatic amines is 1. The van der Waals surface area contributed by atoms with E-state index in [1.807, 2.05) is 13.8 Å². The Hall–Kier alpha value is -3.81. The fourth-order valence-corrected chi connectivity index (χ4v) is 3.78. The molecule has 1 aliphatic heterocycles. The minimum atomic E-state index is -0.406. The molecule has 1 aromatic heterocycles. The van der Waals surface area contributed by atoms with Crippen molar-refractivity contribution in [1.82, 2.24) is 9.78 Å². The number of anilines is 1. The van der Waals surface area contributed by atoms with Gasteiger partial charge in [-0.15, -0.1) is 0 Å². The van der Waals surface area contributed by atoms with Gasteiger partial charge in [0.05, 0.1) is 28.2 Å². The highest BCUT2D eigenvalue weighted by atomic mass is 19.1. The van der Waals surface area contributed by atoms with E-state index in [1.54, 1.807) is 6.08 Å². The summed E-state index contributed by atoms with van der Waals surface area (Å²) >= 11 is 0. The Morgan fingerprint density at radius 1 is 0.879 bits per heavy atom. The maximum absolute atomic E-state index is 13.4. The largest absolute Gasteiger partial charge is 0.294 e. The second-order valence-corrected chi connectivity index (χ2v) is 7.82. The summed E-state index contributed by atoms with van der Waals surface area (Å²) in [5.41, 5.74) is 2.57. The predicted molar refractivity (Wildman–Crippen MR) is 125 cm³/mol. The Kier molecular flexibility index (Phi) is 6.35. The van der Waals surface area contributed by atoms with Crippen molar-refractivity contribution in [2.24, 2.45) is 5.10 Å². The lowest BCUT2D eigenvalue weighted by molar-refractivity contribution is -0.114. The molecule has 2 heterocycles. The number of carbonyl (C=O) groups excluding carboxylic acids is 1. The summed E-state index contributed by atoms with van der Waals surface area (Å²) in [6.45, 7) is 3.97. The van der Waals surface area contributed by atoms with Crippen LogP contribution in [0.1, 0.15) is 44.4 Å². The summed E-state index contributed by atoms with van der Waals surface area (Å²) in [6.07, 6.45) is 4.28. The number of carbonyl (C=O) groups is 1. The minimum absolute atomic E-state index is 0.332. The number of nitrogens with zero attached hydrogens (tertiary/aromatic N) is 3. The average molecular weight is 450 g/mol. The first kappa shape index (κ1) is 22.4. The number of hydrogen-bond acceptors (Lipinski definition) is 3. The van der Waals surface area contributed by atoms with Crippen molar-refractivity contribution in [3.05, 3.63) is 87.3 Å². The molecule has 0 atom stereocenters. The second kappa shape index (κ2) is 9.36. The smallest absolute Gasteiger partial charge is 0.280 e. The molecule has 0 spiro atoms. The van der Waals surface area contributed by atoms with E-state index >= 15 is 0 Å². The molecule has 0 bridgehead atoms. The molecule has 2 aromatic carbocycles. The molecule has 1 aliphatic rings. The zero-order valence-electron chi connectivity index (χ0n) is 18.4. The number of rotatable bonds is 7. The van der Waals surface area contributed by atoms with Gasteiger partial charge < -0.3 is 0 Å². The van der Waals surface area contributed by atoms with Crippen molar-refractivity contribution in [2.75, 3.05) is 5.01 Å². The van der Waals surface area contributed by atoms with Crippen LogP contribution in [0.4, 0.5) is 14.5 Å². The Bertz CT molecular complexity index is 1290. The van der Waals surface area contributed by atoms with E-state index in [0.29, 0.717) is 46.8 Å². The molecule has 33 heavy (non-hydrogen) atoms. The predicted octanol–water partition coefficient (Wildman–Crippen LogP) is 4.98. The van der Waals surface area contributed by atoms with Crippen LogP contribution in [0, 0.1) is 11.6 Å². The van der Waals surface area contributed by atoms with Crippen LogP contribution in [-0.2, 0) is 11.2 Å². The molecule has 0 saturated heterocycles. The summed E-state index contributed by atoms with van der Waals surface area (Å²) in [6, 6.07) is 11.1. The molecule has 4 rings (SSSR count). The van der Waals surface area contributed by atoms with Gasteiger partial charge >= 0.3 is 0 Å². The van der Waals surface area contributed by atoms with Crippen molar-refractivity contribution in [2.45, 2.75) is 39.5 Å². The lowest BCUT2D eigenvalue weighted by atomic mass is 10.0. The SMILES string of the molecule is CCCC1=NN(c2ccc(F)cc2)C(=O)C1=Cc1c(CCC)[nH]n(-c2ccc(F)cc2)c1=O. The number of aromatic nitrogens is 2. The third-order valence-electron chi connectivity index (χ3n) is 5.39. The first-order valence-corrected chi connectivity index (χ1v) is 10.9. The molecule has 170 valence electrons. The molecule has 0 unspecified atom stereocenters. The van der Waals surface area contributed by atoms with Crippen LogP contribution in [-0.4, -0.2) is 21.4 Å². The Balaban J connectivity index is 1.80. The molecule has 0 radical (unpaired) electrons. The molecule has 6 nitrogen and oxygen atoms in total. The molecule has 8 heteroatoms. The highest BCUT2D eigenvalue weighted by molar-refractivity contribution is 6.32. The quantitative estimate of drug-likeness (QED) is 0.516. The lowest BCUT2D eigenvalue weighted by Crippen LogP contribution is -2.22. The highest BCUT2D eigenvalue weighted by Crippen LogP contribution is 2.27. The summed E-state index contributed by atoms with van der Waals surface area (Å²) < 4.78 is 28.1. The van der Waals surface area contributed by atoms with E-state index in [-0.39, 0.29) is 11.5 Å². The van der Waals surface area contributed by atoms with E-state index in [1.165, 1.54) is 58.2 Å². The van der Waals surface area contributed by atoms with Crippen LogP contribution >= 0.6 is 0 Å². The fraction of sp³-hybridized carbons (Fsp3) is 0.240. The van der Waals surface area contributed by atoms with Crippen molar-refractivity contribution in [1.29, 1.82) is 0 Å². The Morgan fingerprint density at radius 3 is 2.03 bits per heavy atom. The summed E-state index contributed by atoms with van der Waals surface area (Å²) in [5.74, 6) is -1.18. The number of benzene rings is 2. The highest BCUT2D eigenvalue weighted by Gasteiger charge is 2.31. The van der Waals surface area contributed by atoms with Crippen molar-refractivity contribution < 1.29 is 13.6 Å². The lowest BCUT2D eigenvalue weighted by Gasteiger charge is -2.11. The Labute approximate surface area is 189 Å². The van der Waals surface area contributed by atoms with E-state index in [2.05, 4.69) is 10.2 Å². The van der Waals surface area contributed by atoms with Gasteiger partial charge in [0.15, 0.2) is 0 Å². The normalized spacial score (nSPS) is 14.9. The number of hydrogen-bond donors (Lipinski definition) is 1. The number of hydrazone groups is 1. The van der Waals surface area contributed by atoms with Crippen LogP contribution in [0.25, 0.3) is 11.8 Å². The molecule has 3 aromatic rings. The number of H-pyrrole nitrogens is 1. The van der Waals surface area contributed by atoms with Crippen LogP contribution in [0.2, 0.25) is 0 Å².